The number of nitrogens with one attached hydrogen (secondary N) is 1. The molecular formula is C31H39NO12. The highest BCUT2D eigenvalue weighted by Gasteiger charge is 2.50. The zero-order valence-corrected chi connectivity index (χ0v) is 24.4. The van der Waals surface area contributed by atoms with Crippen LogP contribution in [0.2, 0.25) is 0 Å². The maximum atomic E-state index is 13.2. The monoisotopic (exact) mass is 617 g/mol. The summed E-state index contributed by atoms with van der Waals surface area (Å²) in [6.07, 6.45) is -4.62. The van der Waals surface area contributed by atoms with Crippen LogP contribution in [-0.4, -0.2) is 93.7 Å². The van der Waals surface area contributed by atoms with E-state index in [1.165, 1.54) is 0 Å². The van der Waals surface area contributed by atoms with E-state index >= 15 is 0 Å². The van der Waals surface area contributed by atoms with Crippen LogP contribution in [0.5, 0.6) is 11.5 Å². The third-order valence-electron chi connectivity index (χ3n) is 10.1. The molecule has 0 bridgehead atoms. The first-order valence-corrected chi connectivity index (χ1v) is 15.6. The fourth-order valence-electron chi connectivity index (χ4n) is 8.01. The Hall–Kier alpha value is -2.94. The lowest BCUT2D eigenvalue weighted by atomic mass is 9.72. The summed E-state index contributed by atoms with van der Waals surface area (Å²) in [5, 5.41) is 55.3. The van der Waals surface area contributed by atoms with E-state index in [0.717, 1.165) is 42.2 Å². The van der Waals surface area contributed by atoms with Crippen molar-refractivity contribution in [2.24, 2.45) is 11.8 Å². The highest BCUT2D eigenvalue weighted by Crippen LogP contribution is 2.57. The molecule has 5 aliphatic rings. The van der Waals surface area contributed by atoms with Gasteiger partial charge in [0.1, 0.15) is 24.4 Å². The Kier molecular flexibility index (Phi) is 7.74. The van der Waals surface area contributed by atoms with Crippen molar-refractivity contribution in [2.75, 3.05) is 13.2 Å². The largest absolute Gasteiger partial charge is 0.483 e. The van der Waals surface area contributed by atoms with Gasteiger partial charge in [-0.1, -0.05) is 0 Å². The van der Waals surface area contributed by atoms with Crippen LogP contribution >= 0.6 is 0 Å². The van der Waals surface area contributed by atoms with Crippen molar-refractivity contribution in [3.05, 3.63) is 23.0 Å². The minimum Gasteiger partial charge on any atom is -0.483 e. The maximum Gasteiger partial charge on any atom is 0.309 e. The molecule has 3 heterocycles. The normalized spacial score (nSPS) is 35.0. The van der Waals surface area contributed by atoms with Gasteiger partial charge in [-0.05, 0) is 63.4 Å². The van der Waals surface area contributed by atoms with Crippen molar-refractivity contribution >= 4 is 22.8 Å². The number of carbonyl (C=O) groups excluding carboxylic acids is 2. The fourth-order valence-corrected chi connectivity index (χ4v) is 8.01. The van der Waals surface area contributed by atoms with Crippen LogP contribution in [0.25, 0.3) is 11.0 Å². The first kappa shape index (κ1) is 29.8. The minimum atomic E-state index is -2.17. The molecule has 240 valence electrons. The van der Waals surface area contributed by atoms with Gasteiger partial charge in [0, 0.05) is 34.9 Å². The number of esters is 1. The molecule has 0 spiro atoms. The second-order valence-electron chi connectivity index (χ2n) is 12.7. The predicted molar refractivity (Wildman–Crippen MR) is 150 cm³/mol. The fraction of sp³-hybridized carbons (Fsp3) is 0.677. The summed E-state index contributed by atoms with van der Waals surface area (Å²) < 4.78 is 30.3. The highest BCUT2D eigenvalue weighted by atomic mass is 16.7. The Morgan fingerprint density at radius 3 is 2.55 bits per heavy atom. The van der Waals surface area contributed by atoms with E-state index in [-0.39, 0.29) is 60.3 Å². The Labute approximate surface area is 253 Å². The molecule has 2 aliphatic heterocycles. The number of ether oxygens (including phenoxy) is 4. The van der Waals surface area contributed by atoms with E-state index in [9.17, 15) is 35.1 Å². The second kappa shape index (κ2) is 11.5. The van der Waals surface area contributed by atoms with E-state index in [1.807, 2.05) is 0 Å². The number of hydrogen-bond acceptors (Lipinski definition) is 12. The van der Waals surface area contributed by atoms with Gasteiger partial charge >= 0.3 is 5.97 Å². The number of amides is 1. The number of furan rings is 1. The van der Waals surface area contributed by atoms with E-state index in [4.69, 9.17) is 23.4 Å². The van der Waals surface area contributed by atoms with Crippen LogP contribution in [-0.2, 0) is 25.5 Å². The molecule has 2 aromatic rings. The van der Waals surface area contributed by atoms with E-state index in [0.29, 0.717) is 30.5 Å². The van der Waals surface area contributed by atoms with Crippen LogP contribution in [0.4, 0.5) is 0 Å². The molecule has 7 rings (SSSR count). The van der Waals surface area contributed by atoms with Crippen LogP contribution in [0.15, 0.2) is 10.7 Å². The Morgan fingerprint density at radius 1 is 1.05 bits per heavy atom. The third-order valence-corrected chi connectivity index (χ3v) is 10.1. The van der Waals surface area contributed by atoms with Gasteiger partial charge in [-0.2, -0.15) is 0 Å². The van der Waals surface area contributed by atoms with Crippen LogP contribution in [0, 0.1) is 11.8 Å². The molecule has 3 aliphatic carbocycles. The number of rotatable bonds is 7. The number of aliphatic hydroxyl groups excluding tert-OH is 4. The molecule has 0 unspecified atom stereocenters. The molecule has 13 heteroatoms. The van der Waals surface area contributed by atoms with E-state index in [2.05, 4.69) is 5.32 Å². The number of carbonyl (C=O) groups is 2. The Balaban J connectivity index is 1.42. The molecule has 44 heavy (non-hydrogen) atoms. The molecule has 1 saturated carbocycles. The smallest absolute Gasteiger partial charge is 0.309 e. The van der Waals surface area contributed by atoms with Crippen molar-refractivity contribution in [3.63, 3.8) is 0 Å². The summed E-state index contributed by atoms with van der Waals surface area (Å²) in [5.41, 5.74) is 2.81. The first-order chi connectivity index (χ1) is 21.2. The molecule has 9 atom stereocenters. The third kappa shape index (κ3) is 4.76. The summed E-state index contributed by atoms with van der Waals surface area (Å²) in [7, 11) is 0. The average Bonchev–Trinajstić information content (AvgIpc) is 3.73. The lowest BCUT2D eigenvalue weighted by Crippen LogP contribution is -2.62. The zero-order valence-electron chi connectivity index (χ0n) is 24.4. The van der Waals surface area contributed by atoms with Gasteiger partial charge in [0.2, 0.25) is 17.9 Å². The average molecular weight is 618 g/mol. The van der Waals surface area contributed by atoms with Gasteiger partial charge in [-0.3, -0.25) is 9.59 Å². The van der Waals surface area contributed by atoms with Crippen molar-refractivity contribution in [1.29, 1.82) is 0 Å². The number of hydrogen-bond donors (Lipinski definition) is 6. The van der Waals surface area contributed by atoms with Crippen LogP contribution in [0.1, 0.15) is 74.0 Å². The summed E-state index contributed by atoms with van der Waals surface area (Å²) in [6.45, 7) is 2.41. The van der Waals surface area contributed by atoms with Crippen LogP contribution < -0.4 is 14.8 Å². The number of aliphatic hydroxyl groups is 5. The van der Waals surface area contributed by atoms with E-state index < -0.39 is 42.9 Å². The lowest BCUT2D eigenvalue weighted by Gasteiger charge is -2.41. The number of fused-ring (bicyclic) bond motifs is 2. The molecular weight excluding hydrogens is 578 g/mol. The molecule has 13 nitrogen and oxygen atoms in total. The standard InChI is InChI=1S/C31H39NO12/c1-2-40-30(39)13-7-12-8-15-17(10-32-28(15)36)18-11-41-25-20(18)19(12)16(9-13)24(27(25)42-14-5-3-4-6-14)43-31-23(35)21(33)22(34)26(44-31)29(37)38/h11-15,17,21-23,26,29,31,33-35,37-38H,2-10H2,1H3,(H,32,36)/t12-,13+,15+,17+,21-,22-,23+,26-,31-/m0/s1. The molecule has 1 amide bonds. The van der Waals surface area contributed by atoms with Gasteiger partial charge in [-0.15, -0.1) is 0 Å². The molecule has 6 N–H and O–H groups in total. The molecule has 1 aromatic heterocycles. The molecule has 0 radical (unpaired) electrons. The number of benzene rings is 1. The highest BCUT2D eigenvalue weighted by molar-refractivity contribution is 5.97. The summed E-state index contributed by atoms with van der Waals surface area (Å²) >= 11 is 0. The quantitative estimate of drug-likeness (QED) is 0.188. The molecule has 3 fully saturated rings. The molecule has 1 aromatic carbocycles. The first-order valence-electron chi connectivity index (χ1n) is 15.6. The second-order valence-corrected chi connectivity index (χ2v) is 12.7. The van der Waals surface area contributed by atoms with Gasteiger partial charge in [0.15, 0.2) is 17.6 Å². The van der Waals surface area contributed by atoms with Crippen LogP contribution in [0.3, 0.4) is 0 Å². The van der Waals surface area contributed by atoms with E-state index in [1.54, 1.807) is 13.2 Å². The summed E-state index contributed by atoms with van der Waals surface area (Å²) in [4.78, 5) is 26.2. The Morgan fingerprint density at radius 2 is 1.82 bits per heavy atom. The van der Waals surface area contributed by atoms with Crippen molar-refractivity contribution in [2.45, 2.75) is 107 Å². The van der Waals surface area contributed by atoms with Gasteiger partial charge in [-0.25, -0.2) is 0 Å². The van der Waals surface area contributed by atoms with Crippen molar-refractivity contribution in [1.82, 2.24) is 5.32 Å². The SMILES string of the molecule is CCOC(=O)[C@H]1Cc2c(O[C@H]3O[C@H](C(O)O)[C@@H](O)[C@H](O)[C@H]3O)c(OC3CCCC3)c3occ4c3c2[C@@H](C1)C[C@H]1C(=O)NC[C@@H]41. The van der Waals surface area contributed by atoms with Crippen molar-refractivity contribution in [3.8, 4) is 11.5 Å². The lowest BCUT2D eigenvalue weighted by molar-refractivity contribution is -0.310. The maximum absolute atomic E-state index is 13.2. The summed E-state index contributed by atoms with van der Waals surface area (Å²) in [6, 6.07) is 0. The van der Waals surface area contributed by atoms with Crippen molar-refractivity contribution < 1.29 is 58.5 Å². The Bertz CT molecular complexity index is 1430. The predicted octanol–water partition coefficient (Wildman–Crippen LogP) is 0.694. The zero-order chi connectivity index (χ0) is 30.9. The topological polar surface area (TPSA) is 197 Å². The minimum absolute atomic E-state index is 0.0456. The summed E-state index contributed by atoms with van der Waals surface area (Å²) in [5.74, 6) is -1.25. The van der Waals surface area contributed by atoms with Gasteiger partial charge in [0.25, 0.3) is 0 Å². The van der Waals surface area contributed by atoms with Gasteiger partial charge in [0.05, 0.1) is 24.9 Å². The molecule has 2 saturated heterocycles. The van der Waals surface area contributed by atoms with Gasteiger partial charge < -0.3 is 54.2 Å².